The molecule has 0 fully saturated rings. The fraction of sp³-hybridized carbons (Fsp3) is 0.200. The molecule has 0 spiro atoms. The van der Waals surface area contributed by atoms with E-state index in [-0.39, 0.29) is 0 Å². The first-order chi connectivity index (χ1) is 7.06. The number of nitrogen functional groups attached to an aromatic ring is 1. The molecule has 0 aliphatic rings. The van der Waals surface area contributed by atoms with Crippen LogP contribution >= 0.6 is 0 Å². The average Bonchev–Trinajstić information content (AvgIpc) is 2.15. The summed E-state index contributed by atoms with van der Waals surface area (Å²) in [6.45, 7) is 1.38. The number of benzene rings is 1. The van der Waals surface area contributed by atoms with Crippen molar-refractivity contribution in [1.29, 1.82) is 0 Å². The number of rotatable bonds is 4. The summed E-state index contributed by atoms with van der Waals surface area (Å²) in [5, 5.41) is 8.62. The number of nitrogens with two attached hydrogens (primary N) is 1. The highest BCUT2D eigenvalue weighted by Gasteiger charge is 2.14. The van der Waals surface area contributed by atoms with Gasteiger partial charge in [0.15, 0.2) is 0 Å². The molecular weight excluding hydrogens is 196 g/mol. The van der Waals surface area contributed by atoms with Gasteiger partial charge < -0.3 is 15.7 Å². The summed E-state index contributed by atoms with van der Waals surface area (Å²) < 4.78 is 0. The molecule has 1 aromatic rings. The van der Waals surface area contributed by atoms with Gasteiger partial charge >= 0.3 is 5.97 Å². The van der Waals surface area contributed by atoms with Crippen LogP contribution in [0.2, 0.25) is 0 Å². The Labute approximate surface area is 87.1 Å². The van der Waals surface area contributed by atoms with Crippen molar-refractivity contribution in [2.75, 3.05) is 17.2 Å². The van der Waals surface area contributed by atoms with Gasteiger partial charge in [0.2, 0.25) is 6.41 Å². The van der Waals surface area contributed by atoms with Crippen LogP contribution in [0.1, 0.15) is 5.56 Å². The van der Waals surface area contributed by atoms with E-state index >= 15 is 0 Å². The van der Waals surface area contributed by atoms with Crippen LogP contribution in [-0.2, 0) is 9.59 Å². The smallest absolute Gasteiger partial charge is 0.323 e. The lowest BCUT2D eigenvalue weighted by Gasteiger charge is -2.19. The fourth-order valence-electron chi connectivity index (χ4n) is 1.39. The highest BCUT2D eigenvalue weighted by Crippen LogP contribution is 2.25. The van der Waals surface area contributed by atoms with Gasteiger partial charge in [0.1, 0.15) is 6.54 Å². The van der Waals surface area contributed by atoms with Crippen molar-refractivity contribution in [2.45, 2.75) is 6.92 Å². The molecule has 0 heterocycles. The zero-order valence-corrected chi connectivity index (χ0v) is 8.30. The number of carbonyl (C=O) groups is 2. The topological polar surface area (TPSA) is 83.6 Å². The summed E-state index contributed by atoms with van der Waals surface area (Å²) in [6, 6.07) is 5.14. The molecule has 0 atom stereocenters. The lowest BCUT2D eigenvalue weighted by molar-refractivity contribution is -0.136. The molecule has 0 aliphatic carbocycles. The largest absolute Gasteiger partial charge is 0.480 e. The summed E-state index contributed by atoms with van der Waals surface area (Å²) in [6.07, 6.45) is 0.465. The summed E-state index contributed by atoms with van der Waals surface area (Å²) >= 11 is 0. The zero-order chi connectivity index (χ0) is 11.4. The first-order valence-electron chi connectivity index (χ1n) is 4.35. The number of carboxylic acid groups (broad SMARTS) is 1. The third-order valence-corrected chi connectivity index (χ3v) is 1.99. The molecule has 1 rings (SSSR count). The normalized spacial score (nSPS) is 9.67. The highest BCUT2D eigenvalue weighted by molar-refractivity contribution is 5.90. The van der Waals surface area contributed by atoms with Crippen molar-refractivity contribution >= 4 is 23.8 Å². The Morgan fingerprint density at radius 3 is 2.73 bits per heavy atom. The number of hydrogen-bond acceptors (Lipinski definition) is 3. The van der Waals surface area contributed by atoms with Crippen molar-refractivity contribution in [2.24, 2.45) is 0 Å². The number of carboxylic acids is 1. The van der Waals surface area contributed by atoms with Crippen molar-refractivity contribution < 1.29 is 14.7 Å². The van der Waals surface area contributed by atoms with E-state index in [2.05, 4.69) is 0 Å². The van der Waals surface area contributed by atoms with Gasteiger partial charge in [-0.05, 0) is 18.6 Å². The second-order valence-corrected chi connectivity index (χ2v) is 3.14. The summed E-state index contributed by atoms with van der Waals surface area (Å²) in [4.78, 5) is 22.4. The SMILES string of the molecule is Cc1cccc(N)c1N(C=O)CC(=O)O. The third-order valence-electron chi connectivity index (χ3n) is 1.99. The van der Waals surface area contributed by atoms with E-state index in [1.54, 1.807) is 25.1 Å². The maximum absolute atomic E-state index is 10.8. The highest BCUT2D eigenvalue weighted by atomic mass is 16.4. The van der Waals surface area contributed by atoms with Crippen molar-refractivity contribution in [3.8, 4) is 0 Å². The molecule has 0 saturated heterocycles. The quantitative estimate of drug-likeness (QED) is 0.561. The Morgan fingerprint density at radius 1 is 1.60 bits per heavy atom. The molecule has 1 aromatic carbocycles. The van der Waals surface area contributed by atoms with Crippen molar-refractivity contribution in [3.05, 3.63) is 23.8 Å². The molecule has 5 nitrogen and oxygen atoms in total. The number of amides is 1. The van der Waals surface area contributed by atoms with Crippen LogP contribution in [-0.4, -0.2) is 24.0 Å². The fourth-order valence-corrected chi connectivity index (χ4v) is 1.39. The van der Waals surface area contributed by atoms with E-state index in [0.717, 1.165) is 10.5 Å². The van der Waals surface area contributed by atoms with Crippen molar-refractivity contribution in [1.82, 2.24) is 0 Å². The molecule has 5 heteroatoms. The van der Waals surface area contributed by atoms with Crippen LogP contribution in [0, 0.1) is 6.92 Å². The molecule has 15 heavy (non-hydrogen) atoms. The van der Waals surface area contributed by atoms with Gasteiger partial charge in [-0.15, -0.1) is 0 Å². The molecule has 0 saturated carbocycles. The van der Waals surface area contributed by atoms with Crippen LogP contribution in [0.15, 0.2) is 18.2 Å². The Hall–Kier alpha value is -2.04. The molecule has 3 N–H and O–H groups in total. The lowest BCUT2D eigenvalue weighted by Crippen LogP contribution is -2.29. The molecule has 1 amide bonds. The molecule has 0 aliphatic heterocycles. The second-order valence-electron chi connectivity index (χ2n) is 3.14. The average molecular weight is 208 g/mol. The van der Waals surface area contributed by atoms with Gasteiger partial charge in [-0.25, -0.2) is 0 Å². The standard InChI is InChI=1S/C10H12N2O3/c1-7-3-2-4-8(11)10(7)12(6-13)5-9(14)15/h2-4,6H,5,11H2,1H3,(H,14,15). The monoisotopic (exact) mass is 208 g/mol. The number of aliphatic carboxylic acids is 1. The molecule has 0 unspecified atom stereocenters. The van der Waals surface area contributed by atoms with E-state index in [1.807, 2.05) is 0 Å². The second kappa shape index (κ2) is 4.45. The van der Waals surface area contributed by atoms with Gasteiger partial charge in [-0.2, -0.15) is 0 Å². The molecule has 0 bridgehead atoms. The number of para-hydroxylation sites is 1. The maximum atomic E-state index is 10.8. The predicted molar refractivity (Wildman–Crippen MR) is 56.6 cm³/mol. The van der Waals surface area contributed by atoms with Crippen LogP contribution in [0.5, 0.6) is 0 Å². The van der Waals surface area contributed by atoms with E-state index in [0.29, 0.717) is 17.8 Å². The number of anilines is 2. The minimum absolute atomic E-state index is 0.390. The minimum atomic E-state index is -1.08. The van der Waals surface area contributed by atoms with Crippen LogP contribution in [0.3, 0.4) is 0 Å². The van der Waals surface area contributed by atoms with Crippen LogP contribution in [0.4, 0.5) is 11.4 Å². The van der Waals surface area contributed by atoms with Gasteiger partial charge in [-0.3, -0.25) is 9.59 Å². The van der Waals surface area contributed by atoms with E-state index in [9.17, 15) is 9.59 Å². The summed E-state index contributed by atoms with van der Waals surface area (Å²) in [7, 11) is 0. The third kappa shape index (κ3) is 2.46. The molecule has 0 aromatic heterocycles. The van der Waals surface area contributed by atoms with Crippen LogP contribution < -0.4 is 10.6 Å². The Morgan fingerprint density at radius 2 is 2.27 bits per heavy atom. The number of nitrogens with zero attached hydrogens (tertiary/aromatic N) is 1. The van der Waals surface area contributed by atoms with E-state index < -0.39 is 12.5 Å². The Balaban J connectivity index is 3.11. The molecule has 0 radical (unpaired) electrons. The van der Waals surface area contributed by atoms with Crippen molar-refractivity contribution in [3.63, 3.8) is 0 Å². The zero-order valence-electron chi connectivity index (χ0n) is 8.30. The van der Waals surface area contributed by atoms with Crippen LogP contribution in [0.25, 0.3) is 0 Å². The van der Waals surface area contributed by atoms with E-state index in [1.165, 1.54) is 0 Å². The van der Waals surface area contributed by atoms with Gasteiger partial charge in [-0.1, -0.05) is 12.1 Å². The Kier molecular flexibility index (Phi) is 3.28. The first-order valence-corrected chi connectivity index (χ1v) is 4.35. The lowest BCUT2D eigenvalue weighted by atomic mass is 10.1. The number of carbonyl (C=O) groups excluding carboxylic acids is 1. The van der Waals surface area contributed by atoms with Gasteiger partial charge in [0.25, 0.3) is 0 Å². The number of aryl methyl sites for hydroxylation is 1. The van der Waals surface area contributed by atoms with Gasteiger partial charge in [0, 0.05) is 0 Å². The first kappa shape index (κ1) is 11.0. The molecule has 80 valence electrons. The Bertz CT molecular complexity index is 370. The molecular formula is C10H12N2O3. The maximum Gasteiger partial charge on any atom is 0.323 e. The summed E-state index contributed by atoms with van der Waals surface area (Å²) in [5.41, 5.74) is 7.29. The number of hydrogen-bond donors (Lipinski definition) is 2. The predicted octanol–water partition coefficient (Wildman–Crippen LogP) is 0.625. The van der Waals surface area contributed by atoms with E-state index in [4.69, 9.17) is 10.8 Å². The van der Waals surface area contributed by atoms with Gasteiger partial charge in [0.05, 0.1) is 11.4 Å². The summed E-state index contributed by atoms with van der Waals surface area (Å²) in [5.74, 6) is -1.08. The minimum Gasteiger partial charge on any atom is -0.480 e.